The van der Waals surface area contributed by atoms with Crippen LogP contribution in [0.5, 0.6) is 0 Å². The minimum absolute atomic E-state index is 0.0117. The Morgan fingerprint density at radius 2 is 2.05 bits per heavy atom. The van der Waals surface area contributed by atoms with E-state index in [1.807, 2.05) is 11.8 Å². The van der Waals surface area contributed by atoms with Crippen molar-refractivity contribution in [2.24, 2.45) is 5.92 Å². The Hall–Kier alpha value is -0.910. The van der Waals surface area contributed by atoms with Crippen molar-refractivity contribution in [3.8, 4) is 0 Å². The zero-order chi connectivity index (χ0) is 14.1. The van der Waals surface area contributed by atoms with Crippen molar-refractivity contribution in [3.63, 3.8) is 0 Å². The second kappa shape index (κ2) is 9.07. The van der Waals surface area contributed by atoms with Gasteiger partial charge in [-0.3, -0.25) is 4.79 Å². The van der Waals surface area contributed by atoms with Crippen molar-refractivity contribution in [2.45, 2.75) is 44.6 Å². The first-order chi connectivity index (χ1) is 9.13. The Morgan fingerprint density at radius 1 is 1.26 bits per heavy atom. The largest absolute Gasteiger partial charge is 0.481 e. The highest BCUT2D eigenvalue weighted by Crippen LogP contribution is 2.25. The van der Waals surface area contributed by atoms with Gasteiger partial charge in [-0.1, -0.05) is 6.42 Å². The molecule has 5 nitrogen and oxygen atoms in total. The van der Waals surface area contributed by atoms with Gasteiger partial charge < -0.3 is 15.7 Å². The molecular weight excluding hydrogens is 264 g/mol. The number of hydrogen-bond acceptors (Lipinski definition) is 3. The maximum Gasteiger partial charge on any atom is 0.315 e. The smallest absolute Gasteiger partial charge is 0.315 e. The van der Waals surface area contributed by atoms with Gasteiger partial charge in [0, 0.05) is 12.6 Å². The molecule has 2 amide bonds. The Bertz CT molecular complexity index is 300. The molecule has 0 aliphatic heterocycles. The molecule has 0 aromatic heterocycles. The standard InChI is InChI=1S/C13H24N2O3S/c1-19-8-4-2-3-7-14-13(18)15-11-6-5-10(9-11)12(16)17/h10-11H,2-9H2,1H3,(H,16,17)(H2,14,15,18). The van der Waals surface area contributed by atoms with Crippen LogP contribution in [0.2, 0.25) is 0 Å². The summed E-state index contributed by atoms with van der Waals surface area (Å²) >= 11 is 1.84. The lowest BCUT2D eigenvalue weighted by atomic mass is 10.1. The monoisotopic (exact) mass is 288 g/mol. The SMILES string of the molecule is CSCCCCCNC(=O)NC1CCC(C(=O)O)C1. The minimum Gasteiger partial charge on any atom is -0.481 e. The highest BCUT2D eigenvalue weighted by atomic mass is 32.2. The number of amides is 2. The van der Waals surface area contributed by atoms with E-state index < -0.39 is 5.97 Å². The summed E-state index contributed by atoms with van der Waals surface area (Å²) < 4.78 is 0. The van der Waals surface area contributed by atoms with Crippen LogP contribution in [0.1, 0.15) is 38.5 Å². The first kappa shape index (κ1) is 16.1. The number of carboxylic acids is 1. The van der Waals surface area contributed by atoms with Crippen LogP contribution in [0.3, 0.4) is 0 Å². The van der Waals surface area contributed by atoms with Crippen LogP contribution >= 0.6 is 11.8 Å². The highest BCUT2D eigenvalue weighted by molar-refractivity contribution is 7.98. The molecule has 2 unspecified atom stereocenters. The molecule has 3 N–H and O–H groups in total. The molecule has 1 rings (SSSR count). The molecule has 6 heteroatoms. The fraction of sp³-hybridized carbons (Fsp3) is 0.846. The van der Waals surface area contributed by atoms with Crippen LogP contribution in [-0.4, -0.2) is 41.7 Å². The maximum atomic E-state index is 11.6. The highest BCUT2D eigenvalue weighted by Gasteiger charge is 2.30. The van der Waals surface area contributed by atoms with Gasteiger partial charge in [-0.25, -0.2) is 4.79 Å². The quantitative estimate of drug-likeness (QED) is 0.597. The van der Waals surface area contributed by atoms with Crippen molar-refractivity contribution in [2.75, 3.05) is 18.6 Å². The first-order valence-corrected chi connectivity index (χ1v) is 8.29. The van der Waals surface area contributed by atoms with Crippen molar-refractivity contribution in [3.05, 3.63) is 0 Å². The van der Waals surface area contributed by atoms with E-state index in [4.69, 9.17) is 5.11 Å². The number of carbonyl (C=O) groups excluding carboxylic acids is 1. The van der Waals surface area contributed by atoms with E-state index >= 15 is 0 Å². The number of carbonyl (C=O) groups is 2. The van der Waals surface area contributed by atoms with Crippen molar-refractivity contribution < 1.29 is 14.7 Å². The molecule has 1 saturated carbocycles. The van der Waals surface area contributed by atoms with Crippen molar-refractivity contribution in [1.29, 1.82) is 0 Å². The van der Waals surface area contributed by atoms with Crippen molar-refractivity contribution in [1.82, 2.24) is 10.6 Å². The lowest BCUT2D eigenvalue weighted by molar-refractivity contribution is -0.141. The van der Waals surface area contributed by atoms with Gasteiger partial charge in [0.25, 0.3) is 0 Å². The second-order valence-electron chi connectivity index (χ2n) is 5.00. The molecule has 110 valence electrons. The number of aliphatic carboxylic acids is 1. The molecular formula is C13H24N2O3S. The minimum atomic E-state index is -0.751. The van der Waals surface area contributed by atoms with E-state index in [0.717, 1.165) is 19.3 Å². The average Bonchev–Trinajstić information content (AvgIpc) is 2.82. The molecule has 1 aliphatic rings. The van der Waals surface area contributed by atoms with Crippen molar-refractivity contribution >= 4 is 23.8 Å². The summed E-state index contributed by atoms with van der Waals surface area (Å²) in [6.07, 6.45) is 7.39. The topological polar surface area (TPSA) is 78.4 Å². The average molecular weight is 288 g/mol. The van der Waals surface area contributed by atoms with Gasteiger partial charge in [-0.15, -0.1) is 0 Å². The fourth-order valence-electron chi connectivity index (χ4n) is 2.32. The third-order valence-corrected chi connectivity index (χ3v) is 4.12. The number of hydrogen-bond donors (Lipinski definition) is 3. The van der Waals surface area contributed by atoms with E-state index in [1.165, 1.54) is 12.2 Å². The molecule has 2 atom stereocenters. The first-order valence-electron chi connectivity index (χ1n) is 6.89. The molecule has 0 aromatic rings. The Balaban J connectivity index is 2.04. The number of urea groups is 1. The van der Waals surface area contributed by atoms with Crippen LogP contribution in [0.4, 0.5) is 4.79 Å². The number of thioether (sulfide) groups is 1. The molecule has 19 heavy (non-hydrogen) atoms. The summed E-state index contributed by atoms with van der Waals surface area (Å²) in [5, 5.41) is 14.6. The van der Waals surface area contributed by atoms with E-state index in [2.05, 4.69) is 16.9 Å². The summed E-state index contributed by atoms with van der Waals surface area (Å²) in [5.41, 5.74) is 0. The van der Waals surface area contributed by atoms with E-state index in [-0.39, 0.29) is 18.0 Å². The zero-order valence-electron chi connectivity index (χ0n) is 11.5. The Kier molecular flexibility index (Phi) is 7.70. The van der Waals surface area contributed by atoms with Crippen LogP contribution < -0.4 is 10.6 Å². The number of nitrogens with one attached hydrogen (secondary N) is 2. The van der Waals surface area contributed by atoms with Gasteiger partial charge in [0.15, 0.2) is 0 Å². The zero-order valence-corrected chi connectivity index (χ0v) is 12.3. The number of rotatable bonds is 8. The molecule has 1 aliphatic carbocycles. The lowest BCUT2D eigenvalue weighted by Gasteiger charge is -2.13. The normalized spacial score (nSPS) is 22.2. The third kappa shape index (κ3) is 6.71. The molecule has 1 fully saturated rings. The molecule has 0 aromatic carbocycles. The fourth-order valence-corrected chi connectivity index (χ4v) is 2.82. The summed E-state index contributed by atoms with van der Waals surface area (Å²) in [6.45, 7) is 0.690. The summed E-state index contributed by atoms with van der Waals surface area (Å²) in [4.78, 5) is 22.4. The number of carboxylic acid groups (broad SMARTS) is 1. The second-order valence-corrected chi connectivity index (χ2v) is 5.98. The molecule has 0 saturated heterocycles. The molecule has 0 spiro atoms. The molecule has 0 heterocycles. The van der Waals surface area contributed by atoms with Crippen LogP contribution in [-0.2, 0) is 4.79 Å². The van der Waals surface area contributed by atoms with Crippen LogP contribution in [0, 0.1) is 5.92 Å². The summed E-state index contributed by atoms with van der Waals surface area (Å²) in [6, 6.07) is -0.154. The predicted molar refractivity (Wildman–Crippen MR) is 77.5 cm³/mol. The molecule has 0 bridgehead atoms. The van der Waals surface area contributed by atoms with E-state index in [1.54, 1.807) is 0 Å². The summed E-state index contributed by atoms with van der Waals surface area (Å²) in [5.74, 6) is 0.125. The van der Waals surface area contributed by atoms with Gasteiger partial charge >= 0.3 is 12.0 Å². The number of unbranched alkanes of at least 4 members (excludes halogenated alkanes) is 2. The van der Waals surface area contributed by atoms with Gasteiger partial charge in [-0.2, -0.15) is 11.8 Å². The van der Waals surface area contributed by atoms with Gasteiger partial charge in [0.05, 0.1) is 5.92 Å². The Labute approximate surface area is 118 Å². The predicted octanol–water partition coefficient (Wildman–Crippen LogP) is 2.07. The molecule has 0 radical (unpaired) electrons. The third-order valence-electron chi connectivity index (χ3n) is 3.43. The van der Waals surface area contributed by atoms with Crippen LogP contribution in [0.25, 0.3) is 0 Å². The summed E-state index contributed by atoms with van der Waals surface area (Å²) in [7, 11) is 0. The van der Waals surface area contributed by atoms with Crippen LogP contribution in [0.15, 0.2) is 0 Å². The lowest BCUT2D eigenvalue weighted by Crippen LogP contribution is -2.41. The van der Waals surface area contributed by atoms with E-state index in [9.17, 15) is 9.59 Å². The maximum absolute atomic E-state index is 11.6. The Morgan fingerprint density at radius 3 is 2.68 bits per heavy atom. The van der Waals surface area contributed by atoms with Gasteiger partial charge in [-0.05, 0) is 44.1 Å². The van der Waals surface area contributed by atoms with E-state index in [0.29, 0.717) is 19.4 Å². The van der Waals surface area contributed by atoms with Gasteiger partial charge in [0.1, 0.15) is 0 Å². The van der Waals surface area contributed by atoms with Gasteiger partial charge in [0.2, 0.25) is 0 Å².